The van der Waals surface area contributed by atoms with E-state index in [1.165, 1.54) is 25.7 Å². The molecule has 0 radical (unpaired) electrons. The third-order valence-electron chi connectivity index (χ3n) is 6.08. The summed E-state index contributed by atoms with van der Waals surface area (Å²) in [7, 11) is 1.67. The van der Waals surface area contributed by atoms with Crippen LogP contribution in [0.15, 0.2) is 54.6 Å². The Labute approximate surface area is 217 Å². The number of benzene rings is 2. The van der Waals surface area contributed by atoms with E-state index >= 15 is 0 Å². The maximum atomic E-state index is 11.2. The molecule has 34 heavy (non-hydrogen) atoms. The summed E-state index contributed by atoms with van der Waals surface area (Å²) in [6, 6.07) is 18.1. The van der Waals surface area contributed by atoms with Crippen LogP contribution in [0.1, 0.15) is 64.0 Å². The van der Waals surface area contributed by atoms with Crippen LogP contribution in [0, 0.1) is 0 Å². The van der Waals surface area contributed by atoms with Gasteiger partial charge in [-0.3, -0.25) is 0 Å². The van der Waals surface area contributed by atoms with Crippen molar-refractivity contribution in [2.75, 3.05) is 26.7 Å². The lowest BCUT2D eigenvalue weighted by Gasteiger charge is -2.23. The molecule has 3 rings (SSSR count). The Morgan fingerprint density at radius 2 is 1.53 bits per heavy atom. The number of hydrogen-bond donors (Lipinski definition) is 1. The molecule has 2 aromatic carbocycles. The topological polar surface area (TPSA) is 45.6 Å². The average Bonchev–Trinajstić information content (AvgIpc) is 2.84. The first kappa shape index (κ1) is 30.2. The van der Waals surface area contributed by atoms with Crippen molar-refractivity contribution < 1.29 is 9.84 Å². The zero-order chi connectivity index (χ0) is 22.8. The van der Waals surface area contributed by atoms with Gasteiger partial charge in [-0.15, -0.1) is 24.8 Å². The number of methoxy groups -OCH3 is 1. The van der Waals surface area contributed by atoms with Gasteiger partial charge < -0.3 is 14.7 Å². The highest BCUT2D eigenvalue weighted by molar-refractivity contribution is 5.87. The lowest BCUT2D eigenvalue weighted by Crippen LogP contribution is -2.27. The molecule has 0 aliphatic carbocycles. The number of rotatable bonds is 13. The Morgan fingerprint density at radius 3 is 2.15 bits per heavy atom. The molecule has 0 fully saturated rings. The predicted octanol–water partition coefficient (Wildman–Crippen LogP) is 7.47. The minimum absolute atomic E-state index is 0. The lowest BCUT2D eigenvalue weighted by molar-refractivity contribution is 0.156. The van der Waals surface area contributed by atoms with Crippen molar-refractivity contribution >= 4 is 35.7 Å². The third kappa shape index (κ3) is 8.42. The van der Waals surface area contributed by atoms with Gasteiger partial charge in [0.15, 0.2) is 0 Å². The fourth-order valence-electron chi connectivity index (χ4n) is 4.15. The molecule has 3 aromatic rings. The standard InChI is InChI=1S/C28H38N2O2.2ClH/c1-4-6-17-30(18-7-5-2)19-11-14-28(31)25-21-27(22-12-9-8-10-13-22)29-26-16-15-23(32-3)20-24(25)26;;/h8-10,12-13,15-16,20-21,28,31H,4-7,11,14,17-19H2,1-3H3;2*1H. The number of pyridine rings is 1. The summed E-state index contributed by atoms with van der Waals surface area (Å²) in [4.78, 5) is 7.42. The molecule has 1 heterocycles. The van der Waals surface area contributed by atoms with E-state index in [1.54, 1.807) is 7.11 Å². The smallest absolute Gasteiger partial charge is 0.119 e. The van der Waals surface area contributed by atoms with Crippen molar-refractivity contribution in [3.8, 4) is 17.0 Å². The van der Waals surface area contributed by atoms with Crippen LogP contribution in [0.4, 0.5) is 0 Å². The molecule has 0 bridgehead atoms. The van der Waals surface area contributed by atoms with Gasteiger partial charge in [-0.2, -0.15) is 0 Å². The minimum atomic E-state index is -0.533. The quantitative estimate of drug-likeness (QED) is 0.261. The number of hydrogen-bond acceptors (Lipinski definition) is 4. The van der Waals surface area contributed by atoms with Gasteiger partial charge in [0.1, 0.15) is 5.75 Å². The van der Waals surface area contributed by atoms with Crippen molar-refractivity contribution in [1.82, 2.24) is 9.88 Å². The Hall–Kier alpha value is -1.85. The van der Waals surface area contributed by atoms with Crippen molar-refractivity contribution in [1.29, 1.82) is 0 Å². The summed E-state index contributed by atoms with van der Waals surface area (Å²) in [5.74, 6) is 0.783. The highest BCUT2D eigenvalue weighted by Gasteiger charge is 2.16. The van der Waals surface area contributed by atoms with Gasteiger partial charge in [0.2, 0.25) is 0 Å². The Kier molecular flexibility index (Phi) is 14.1. The molecule has 0 aliphatic rings. The van der Waals surface area contributed by atoms with Crippen molar-refractivity contribution in [3.63, 3.8) is 0 Å². The van der Waals surface area contributed by atoms with Crippen LogP contribution in [-0.2, 0) is 0 Å². The largest absolute Gasteiger partial charge is 0.497 e. The zero-order valence-corrected chi connectivity index (χ0v) is 22.3. The van der Waals surface area contributed by atoms with Crippen LogP contribution in [0.2, 0.25) is 0 Å². The number of unbranched alkanes of at least 4 members (excludes halogenated alkanes) is 2. The molecule has 0 spiro atoms. The second kappa shape index (κ2) is 15.9. The van der Waals surface area contributed by atoms with Gasteiger partial charge in [-0.1, -0.05) is 57.0 Å². The van der Waals surface area contributed by atoms with Gasteiger partial charge in [0.05, 0.1) is 24.4 Å². The summed E-state index contributed by atoms with van der Waals surface area (Å²) in [6.45, 7) is 7.83. The summed E-state index contributed by atoms with van der Waals surface area (Å²) in [6.07, 6.45) is 6.09. The number of fused-ring (bicyclic) bond motifs is 1. The molecule has 6 heteroatoms. The summed E-state index contributed by atoms with van der Waals surface area (Å²) in [5, 5.41) is 12.2. The van der Waals surface area contributed by atoms with Gasteiger partial charge in [0, 0.05) is 10.9 Å². The molecule has 0 aliphatic heterocycles. The number of aromatic nitrogens is 1. The molecule has 1 unspecified atom stereocenters. The third-order valence-corrected chi connectivity index (χ3v) is 6.08. The first-order valence-corrected chi connectivity index (χ1v) is 12.1. The SMILES string of the molecule is CCCCN(CCCC)CCCC(O)c1cc(-c2ccccc2)nc2ccc(OC)cc12.Cl.Cl. The van der Waals surface area contributed by atoms with Gasteiger partial charge in [0.25, 0.3) is 0 Å². The van der Waals surface area contributed by atoms with Crippen LogP contribution < -0.4 is 4.74 Å². The zero-order valence-electron chi connectivity index (χ0n) is 20.7. The predicted molar refractivity (Wildman–Crippen MR) is 149 cm³/mol. The monoisotopic (exact) mass is 506 g/mol. The fourth-order valence-corrected chi connectivity index (χ4v) is 4.15. The van der Waals surface area contributed by atoms with Crippen LogP contribution in [0.25, 0.3) is 22.2 Å². The first-order valence-electron chi connectivity index (χ1n) is 12.1. The maximum Gasteiger partial charge on any atom is 0.119 e. The lowest BCUT2D eigenvalue weighted by atomic mass is 9.97. The molecule has 0 amide bonds. The second-order valence-electron chi connectivity index (χ2n) is 8.55. The van der Waals surface area contributed by atoms with E-state index in [0.29, 0.717) is 0 Å². The maximum absolute atomic E-state index is 11.2. The Balaban J connectivity index is 0.00000289. The summed E-state index contributed by atoms with van der Waals surface area (Å²) >= 11 is 0. The number of aliphatic hydroxyl groups is 1. The van der Waals surface area contributed by atoms with E-state index in [9.17, 15) is 5.11 Å². The normalized spacial score (nSPS) is 11.7. The summed E-state index contributed by atoms with van der Waals surface area (Å²) < 4.78 is 5.44. The van der Waals surface area contributed by atoms with Crippen molar-refractivity contribution in [3.05, 3.63) is 60.2 Å². The van der Waals surface area contributed by atoms with Crippen LogP contribution in [0.3, 0.4) is 0 Å². The second-order valence-corrected chi connectivity index (χ2v) is 8.55. The number of halogens is 2. The van der Waals surface area contributed by atoms with E-state index in [4.69, 9.17) is 9.72 Å². The highest BCUT2D eigenvalue weighted by atomic mass is 35.5. The molecule has 1 atom stereocenters. The molecule has 188 valence electrons. The minimum Gasteiger partial charge on any atom is -0.497 e. The van der Waals surface area contributed by atoms with Gasteiger partial charge in [-0.05, 0) is 75.1 Å². The van der Waals surface area contributed by atoms with Crippen LogP contribution in [0.5, 0.6) is 5.75 Å². The highest BCUT2D eigenvalue weighted by Crippen LogP contribution is 2.32. The van der Waals surface area contributed by atoms with Crippen molar-refractivity contribution in [2.45, 2.75) is 58.5 Å². The molecular formula is C28H40Cl2N2O2. The van der Waals surface area contributed by atoms with Gasteiger partial charge >= 0.3 is 0 Å². The number of aliphatic hydroxyl groups excluding tert-OH is 1. The molecule has 0 saturated carbocycles. The van der Waals surface area contributed by atoms with Crippen molar-refractivity contribution in [2.24, 2.45) is 0 Å². The van der Waals surface area contributed by atoms with Gasteiger partial charge in [-0.25, -0.2) is 4.98 Å². The van der Waals surface area contributed by atoms with E-state index in [2.05, 4.69) is 30.9 Å². The Bertz CT molecular complexity index is 961. The molecule has 4 nitrogen and oxygen atoms in total. The van der Waals surface area contributed by atoms with Crippen LogP contribution in [-0.4, -0.2) is 41.7 Å². The van der Waals surface area contributed by atoms with E-state index in [-0.39, 0.29) is 24.8 Å². The molecular weight excluding hydrogens is 467 g/mol. The number of ether oxygens (including phenoxy) is 1. The van der Waals surface area contributed by atoms with E-state index in [1.807, 2.05) is 42.5 Å². The molecule has 1 aromatic heterocycles. The van der Waals surface area contributed by atoms with Crippen LogP contribution >= 0.6 is 24.8 Å². The van der Waals surface area contributed by atoms with E-state index < -0.39 is 6.10 Å². The molecule has 1 N–H and O–H groups in total. The Morgan fingerprint density at radius 1 is 0.882 bits per heavy atom. The average molecular weight is 508 g/mol. The fraction of sp³-hybridized carbons (Fsp3) is 0.464. The number of nitrogens with zero attached hydrogens (tertiary/aromatic N) is 2. The molecule has 0 saturated heterocycles. The summed E-state index contributed by atoms with van der Waals surface area (Å²) in [5.41, 5.74) is 3.77. The first-order chi connectivity index (χ1) is 15.7. The van der Waals surface area contributed by atoms with E-state index in [0.717, 1.165) is 65.9 Å².